The average Bonchev–Trinajstić information content (AvgIpc) is 2.29. The van der Waals surface area contributed by atoms with Gasteiger partial charge in [0.05, 0.1) is 24.3 Å². The number of benzene rings is 1. The summed E-state index contributed by atoms with van der Waals surface area (Å²) in [6, 6.07) is 3.96. The van der Waals surface area contributed by atoms with Gasteiger partial charge in [0.15, 0.2) is 0 Å². The summed E-state index contributed by atoms with van der Waals surface area (Å²) in [5, 5.41) is 20.1. The minimum Gasteiger partial charge on any atom is -0.493 e. The van der Waals surface area contributed by atoms with Crippen molar-refractivity contribution in [3.63, 3.8) is 0 Å². The number of hydrogen-bond acceptors (Lipinski definition) is 4. The van der Waals surface area contributed by atoms with Crippen LogP contribution in [0.15, 0.2) is 18.2 Å². The molecule has 0 aromatic heterocycles. The van der Waals surface area contributed by atoms with Crippen molar-refractivity contribution in [2.45, 2.75) is 19.4 Å². The Bertz CT molecular complexity index is 395. The number of ether oxygens (including phenoxy) is 1. The maximum Gasteiger partial charge on any atom is 0.270 e. The molecule has 0 heterocycles. The third-order valence-electron chi connectivity index (χ3n) is 2.19. The van der Waals surface area contributed by atoms with E-state index in [1.165, 1.54) is 25.1 Å². The van der Waals surface area contributed by atoms with E-state index in [2.05, 4.69) is 0 Å². The normalized spacial score (nSPS) is 12.2. The summed E-state index contributed by atoms with van der Waals surface area (Å²) >= 11 is 0. The largest absolute Gasteiger partial charge is 0.493 e. The van der Waals surface area contributed by atoms with Gasteiger partial charge in [0.2, 0.25) is 0 Å². The second-order valence-electron chi connectivity index (χ2n) is 3.55. The van der Waals surface area contributed by atoms with Gasteiger partial charge >= 0.3 is 0 Å². The highest BCUT2D eigenvalue weighted by Gasteiger charge is 2.15. The Kier molecular flexibility index (Phi) is 4.84. The smallest absolute Gasteiger partial charge is 0.270 e. The van der Waals surface area contributed by atoms with Crippen molar-refractivity contribution in [1.82, 2.24) is 0 Å². The third kappa shape index (κ3) is 3.67. The van der Waals surface area contributed by atoms with Crippen molar-refractivity contribution in [3.8, 4) is 5.75 Å². The average molecular weight is 243 g/mol. The number of aliphatic hydroxyl groups excluding tert-OH is 1. The van der Waals surface area contributed by atoms with Crippen LogP contribution >= 0.6 is 0 Å². The molecule has 0 saturated heterocycles. The molecule has 6 heteroatoms. The van der Waals surface area contributed by atoms with Gasteiger partial charge in [-0.15, -0.1) is 0 Å². The monoisotopic (exact) mass is 243 g/mol. The van der Waals surface area contributed by atoms with E-state index >= 15 is 0 Å². The van der Waals surface area contributed by atoms with E-state index < -0.39 is 17.7 Å². The molecule has 0 amide bonds. The SMILES string of the molecule is CC(O)c1cc([N+](=O)[O-])ccc1OCCCF. The Morgan fingerprint density at radius 2 is 2.29 bits per heavy atom. The van der Waals surface area contributed by atoms with Gasteiger partial charge in [0.25, 0.3) is 5.69 Å². The van der Waals surface area contributed by atoms with Crippen LogP contribution in [0.4, 0.5) is 10.1 Å². The van der Waals surface area contributed by atoms with E-state index in [-0.39, 0.29) is 18.7 Å². The van der Waals surface area contributed by atoms with Gasteiger partial charge in [-0.3, -0.25) is 14.5 Å². The zero-order valence-corrected chi connectivity index (χ0v) is 9.43. The lowest BCUT2D eigenvalue weighted by Crippen LogP contribution is -2.03. The molecule has 0 aliphatic carbocycles. The fraction of sp³-hybridized carbons (Fsp3) is 0.455. The minimum absolute atomic E-state index is 0.112. The highest BCUT2D eigenvalue weighted by molar-refractivity contribution is 5.44. The first-order valence-corrected chi connectivity index (χ1v) is 5.21. The molecule has 1 atom stereocenters. The topological polar surface area (TPSA) is 72.6 Å². The van der Waals surface area contributed by atoms with Crippen molar-refractivity contribution < 1.29 is 19.2 Å². The fourth-order valence-corrected chi connectivity index (χ4v) is 1.34. The lowest BCUT2D eigenvalue weighted by atomic mass is 10.1. The molecule has 0 aliphatic rings. The van der Waals surface area contributed by atoms with Gasteiger partial charge in [-0.2, -0.15) is 0 Å². The van der Waals surface area contributed by atoms with E-state index in [9.17, 15) is 19.6 Å². The van der Waals surface area contributed by atoms with Crippen molar-refractivity contribution in [2.24, 2.45) is 0 Å². The second-order valence-corrected chi connectivity index (χ2v) is 3.55. The number of nitro groups is 1. The van der Waals surface area contributed by atoms with Gasteiger partial charge in [0, 0.05) is 24.1 Å². The molecule has 0 bridgehead atoms. The van der Waals surface area contributed by atoms with Gasteiger partial charge in [-0.25, -0.2) is 0 Å². The summed E-state index contributed by atoms with van der Waals surface area (Å²) in [7, 11) is 0. The summed E-state index contributed by atoms with van der Waals surface area (Å²) in [6.07, 6.45) is -0.633. The molecule has 0 fully saturated rings. The Morgan fingerprint density at radius 3 is 2.82 bits per heavy atom. The molecule has 1 aromatic carbocycles. The molecular formula is C11H14FNO4. The molecule has 1 rings (SSSR count). The first-order chi connectivity index (χ1) is 8.06. The lowest BCUT2D eigenvalue weighted by Gasteiger charge is -2.12. The molecule has 0 aliphatic heterocycles. The highest BCUT2D eigenvalue weighted by Crippen LogP contribution is 2.29. The maximum absolute atomic E-state index is 11.9. The van der Waals surface area contributed by atoms with E-state index in [4.69, 9.17) is 4.74 Å². The van der Waals surface area contributed by atoms with Crippen molar-refractivity contribution in [2.75, 3.05) is 13.3 Å². The standard InChI is InChI=1S/C11H14FNO4/c1-8(14)10-7-9(13(15)16)3-4-11(10)17-6-2-5-12/h3-4,7-8,14H,2,5-6H2,1H3. The zero-order chi connectivity index (χ0) is 12.8. The lowest BCUT2D eigenvalue weighted by molar-refractivity contribution is -0.385. The molecule has 0 radical (unpaired) electrons. The van der Waals surface area contributed by atoms with E-state index in [1.807, 2.05) is 0 Å². The molecule has 1 aromatic rings. The second kappa shape index (κ2) is 6.15. The summed E-state index contributed by atoms with van der Waals surface area (Å²) in [6.45, 7) is 1.17. The maximum atomic E-state index is 11.9. The number of non-ortho nitro benzene ring substituents is 1. The summed E-state index contributed by atoms with van der Waals surface area (Å²) in [5.74, 6) is 0.346. The fourth-order valence-electron chi connectivity index (χ4n) is 1.34. The molecule has 0 saturated carbocycles. The Labute approximate surface area is 98.0 Å². The molecule has 0 spiro atoms. The van der Waals surface area contributed by atoms with Crippen molar-refractivity contribution in [1.29, 1.82) is 0 Å². The van der Waals surface area contributed by atoms with E-state index in [0.29, 0.717) is 11.3 Å². The zero-order valence-electron chi connectivity index (χ0n) is 9.43. The molecule has 17 heavy (non-hydrogen) atoms. The highest BCUT2D eigenvalue weighted by atomic mass is 19.1. The van der Waals surface area contributed by atoms with Gasteiger partial charge in [-0.05, 0) is 13.0 Å². The molecular weight excluding hydrogens is 229 g/mol. The number of hydrogen-bond donors (Lipinski definition) is 1. The molecule has 94 valence electrons. The molecule has 5 nitrogen and oxygen atoms in total. The van der Waals surface area contributed by atoms with Crippen molar-refractivity contribution in [3.05, 3.63) is 33.9 Å². The van der Waals surface area contributed by atoms with Crippen LogP contribution in [0.3, 0.4) is 0 Å². The van der Waals surface area contributed by atoms with Gasteiger partial charge in [0.1, 0.15) is 5.75 Å². The van der Waals surface area contributed by atoms with E-state index in [0.717, 1.165) is 0 Å². The Morgan fingerprint density at radius 1 is 1.59 bits per heavy atom. The minimum atomic E-state index is -0.879. The van der Waals surface area contributed by atoms with Crippen LogP contribution in [0.2, 0.25) is 0 Å². The first kappa shape index (κ1) is 13.4. The Hall–Kier alpha value is -1.69. The first-order valence-electron chi connectivity index (χ1n) is 5.21. The van der Waals surface area contributed by atoms with Crippen LogP contribution in [-0.2, 0) is 0 Å². The van der Waals surface area contributed by atoms with Crippen LogP contribution in [0.1, 0.15) is 25.0 Å². The predicted octanol–water partition coefficient (Wildman–Crippen LogP) is 2.39. The van der Waals surface area contributed by atoms with Crippen LogP contribution in [0.25, 0.3) is 0 Å². The van der Waals surface area contributed by atoms with Gasteiger partial charge < -0.3 is 9.84 Å². The van der Waals surface area contributed by atoms with Crippen molar-refractivity contribution >= 4 is 5.69 Å². The molecule has 1 N–H and O–H groups in total. The summed E-state index contributed by atoms with van der Waals surface area (Å²) in [4.78, 5) is 10.0. The Balaban J connectivity index is 2.92. The number of aliphatic hydroxyl groups is 1. The van der Waals surface area contributed by atoms with Crippen LogP contribution < -0.4 is 4.74 Å². The summed E-state index contributed by atoms with van der Waals surface area (Å²) in [5.41, 5.74) is 0.219. The molecule has 1 unspecified atom stereocenters. The number of rotatable bonds is 6. The quantitative estimate of drug-likeness (QED) is 0.473. The van der Waals surface area contributed by atoms with Crippen LogP contribution in [0, 0.1) is 10.1 Å². The van der Waals surface area contributed by atoms with E-state index in [1.54, 1.807) is 0 Å². The third-order valence-corrected chi connectivity index (χ3v) is 2.19. The number of nitrogens with zero attached hydrogens (tertiary/aromatic N) is 1. The number of alkyl halides is 1. The van der Waals surface area contributed by atoms with Gasteiger partial charge in [-0.1, -0.05) is 0 Å². The van der Waals surface area contributed by atoms with Crippen LogP contribution in [0.5, 0.6) is 5.75 Å². The number of halogens is 1. The number of nitro benzene ring substituents is 1. The predicted molar refractivity (Wildman–Crippen MR) is 59.8 cm³/mol. The van der Waals surface area contributed by atoms with Crippen LogP contribution in [-0.4, -0.2) is 23.3 Å². The summed E-state index contributed by atoms with van der Waals surface area (Å²) < 4.78 is 17.2.